The molecule has 0 aliphatic rings. The zero-order valence-corrected chi connectivity index (χ0v) is 21.5. The van der Waals surface area contributed by atoms with Gasteiger partial charge in [0.15, 0.2) is 0 Å². The van der Waals surface area contributed by atoms with E-state index in [1.165, 1.54) is 40.2 Å². The topological polar surface area (TPSA) is 91.3 Å². The molecule has 1 N–H and O–H groups in total. The average Bonchev–Trinajstić information content (AvgIpc) is 3.45. The van der Waals surface area contributed by atoms with Crippen molar-refractivity contribution in [2.75, 3.05) is 7.11 Å². The Balaban J connectivity index is 1.76. The molecule has 0 saturated carbocycles. The molecule has 3 aromatic heterocycles. The number of aryl methyl sites for hydroxylation is 2. The van der Waals surface area contributed by atoms with Crippen LogP contribution in [0.4, 0.5) is 4.39 Å². The molecular formula is C27H25FN4O4S. The molecule has 5 aromatic rings. The van der Waals surface area contributed by atoms with Crippen molar-refractivity contribution in [3.05, 3.63) is 92.9 Å². The number of aromatic nitrogens is 4. The van der Waals surface area contributed by atoms with Gasteiger partial charge in [0.1, 0.15) is 16.4 Å². The Labute approximate surface area is 215 Å². The number of aliphatic hydroxyl groups is 1. The summed E-state index contributed by atoms with van der Waals surface area (Å²) in [6.45, 7) is 5.32. The summed E-state index contributed by atoms with van der Waals surface area (Å²) in [4.78, 5) is 32.7. The summed E-state index contributed by atoms with van der Waals surface area (Å²) in [5.74, 6) is 0.149. The van der Waals surface area contributed by atoms with E-state index in [4.69, 9.17) is 4.74 Å². The zero-order valence-electron chi connectivity index (χ0n) is 20.7. The van der Waals surface area contributed by atoms with E-state index in [1.54, 1.807) is 20.4 Å². The summed E-state index contributed by atoms with van der Waals surface area (Å²) in [6, 6.07) is 10.9. The number of hydrogen-bond acceptors (Lipinski definition) is 6. The van der Waals surface area contributed by atoms with Crippen LogP contribution in [0.25, 0.3) is 32.0 Å². The van der Waals surface area contributed by atoms with Crippen LogP contribution in [0.5, 0.6) is 5.75 Å². The molecule has 2 aromatic carbocycles. The van der Waals surface area contributed by atoms with Crippen LogP contribution < -0.4 is 16.0 Å². The van der Waals surface area contributed by atoms with Gasteiger partial charge in [-0.05, 0) is 68.3 Å². The second-order valence-electron chi connectivity index (χ2n) is 8.90. The van der Waals surface area contributed by atoms with E-state index in [0.717, 1.165) is 26.4 Å². The molecule has 37 heavy (non-hydrogen) atoms. The van der Waals surface area contributed by atoms with Crippen molar-refractivity contribution in [1.82, 2.24) is 18.7 Å². The van der Waals surface area contributed by atoms with Gasteiger partial charge in [0.2, 0.25) is 0 Å². The monoisotopic (exact) mass is 520 g/mol. The molecule has 3 heterocycles. The lowest BCUT2D eigenvalue weighted by Gasteiger charge is -2.13. The lowest BCUT2D eigenvalue weighted by Crippen LogP contribution is -2.40. The Kier molecular flexibility index (Phi) is 6.30. The van der Waals surface area contributed by atoms with E-state index >= 15 is 0 Å². The number of imidazole rings is 1. The van der Waals surface area contributed by atoms with Crippen LogP contribution in [-0.4, -0.2) is 37.0 Å². The van der Waals surface area contributed by atoms with Crippen LogP contribution in [0.15, 0.2) is 64.6 Å². The first-order chi connectivity index (χ1) is 17.7. The summed E-state index contributed by atoms with van der Waals surface area (Å²) in [7, 11) is 1.59. The number of halogens is 1. The summed E-state index contributed by atoms with van der Waals surface area (Å²) < 4.78 is 23.5. The van der Waals surface area contributed by atoms with Gasteiger partial charge in [0, 0.05) is 11.1 Å². The van der Waals surface area contributed by atoms with Crippen LogP contribution in [0.3, 0.4) is 0 Å². The number of fused-ring (bicyclic) bond motifs is 1. The maximum absolute atomic E-state index is 13.7. The lowest BCUT2D eigenvalue weighted by atomic mass is 10.1. The highest BCUT2D eigenvalue weighted by atomic mass is 32.1. The van der Waals surface area contributed by atoms with Gasteiger partial charge in [-0.15, -0.1) is 11.3 Å². The molecule has 0 bridgehead atoms. The smallest absolute Gasteiger partial charge is 0.336 e. The molecule has 0 fully saturated rings. The quantitative estimate of drug-likeness (QED) is 0.362. The number of methoxy groups -OCH3 is 1. The fourth-order valence-corrected chi connectivity index (χ4v) is 5.75. The molecule has 5 rings (SSSR count). The highest BCUT2D eigenvalue weighted by Gasteiger charge is 2.23. The minimum Gasteiger partial charge on any atom is -0.495 e. The summed E-state index contributed by atoms with van der Waals surface area (Å²) in [5.41, 5.74) is 2.38. The molecule has 0 aliphatic heterocycles. The van der Waals surface area contributed by atoms with Crippen molar-refractivity contribution in [3.8, 4) is 27.6 Å². The fourth-order valence-electron chi connectivity index (χ4n) is 4.45. The van der Waals surface area contributed by atoms with E-state index in [0.29, 0.717) is 21.5 Å². The number of rotatable bonds is 6. The first kappa shape index (κ1) is 24.7. The molecule has 190 valence electrons. The van der Waals surface area contributed by atoms with Gasteiger partial charge >= 0.3 is 5.69 Å². The number of thiophene rings is 1. The average molecular weight is 521 g/mol. The van der Waals surface area contributed by atoms with Crippen molar-refractivity contribution in [2.45, 2.75) is 33.4 Å². The highest BCUT2D eigenvalue weighted by molar-refractivity contribution is 7.22. The number of nitrogens with zero attached hydrogens (tertiary/aromatic N) is 4. The van der Waals surface area contributed by atoms with Gasteiger partial charge in [-0.25, -0.2) is 18.7 Å². The van der Waals surface area contributed by atoms with Gasteiger partial charge in [-0.1, -0.05) is 6.07 Å². The van der Waals surface area contributed by atoms with E-state index in [9.17, 15) is 19.1 Å². The SMILES string of the molecule is COc1cc(-c2sc3c(c2C)c(=O)n(-c2ccc(F)cc2)c(=O)n3CC(C)O)ccc1-n1cnc(C)c1. The molecule has 0 radical (unpaired) electrons. The third-order valence-corrected chi connectivity index (χ3v) is 7.54. The number of aliphatic hydroxyl groups excluding tert-OH is 1. The van der Waals surface area contributed by atoms with Crippen molar-refractivity contribution in [3.63, 3.8) is 0 Å². The largest absolute Gasteiger partial charge is 0.495 e. The van der Waals surface area contributed by atoms with Crippen LogP contribution in [0.2, 0.25) is 0 Å². The predicted octanol–water partition coefficient (Wildman–Crippen LogP) is 4.21. The first-order valence-electron chi connectivity index (χ1n) is 11.6. The van der Waals surface area contributed by atoms with E-state index < -0.39 is 23.2 Å². The van der Waals surface area contributed by atoms with Crippen molar-refractivity contribution >= 4 is 21.6 Å². The number of ether oxygens (including phenoxy) is 1. The van der Waals surface area contributed by atoms with Gasteiger partial charge in [-0.2, -0.15) is 0 Å². The number of hydrogen-bond donors (Lipinski definition) is 1. The van der Waals surface area contributed by atoms with Crippen LogP contribution in [0, 0.1) is 19.7 Å². The lowest BCUT2D eigenvalue weighted by molar-refractivity contribution is 0.173. The normalized spacial score (nSPS) is 12.3. The Hall–Kier alpha value is -4.02. The van der Waals surface area contributed by atoms with Crippen molar-refractivity contribution in [1.29, 1.82) is 0 Å². The van der Waals surface area contributed by atoms with E-state index in [2.05, 4.69) is 4.98 Å². The van der Waals surface area contributed by atoms with Gasteiger partial charge in [0.05, 0.1) is 48.5 Å². The Morgan fingerprint density at radius 1 is 1.14 bits per heavy atom. The maximum atomic E-state index is 13.7. The minimum atomic E-state index is -0.830. The Morgan fingerprint density at radius 3 is 2.49 bits per heavy atom. The fraction of sp³-hybridized carbons (Fsp3) is 0.222. The second-order valence-corrected chi connectivity index (χ2v) is 9.90. The van der Waals surface area contributed by atoms with Crippen LogP contribution >= 0.6 is 11.3 Å². The molecular weight excluding hydrogens is 495 g/mol. The molecule has 0 spiro atoms. The Morgan fingerprint density at radius 2 is 1.86 bits per heavy atom. The molecule has 10 heteroatoms. The maximum Gasteiger partial charge on any atom is 0.336 e. The van der Waals surface area contributed by atoms with Gasteiger partial charge < -0.3 is 14.4 Å². The molecule has 0 amide bonds. The third-order valence-electron chi connectivity index (χ3n) is 6.18. The summed E-state index contributed by atoms with van der Waals surface area (Å²) in [6.07, 6.45) is 2.78. The second kappa shape index (κ2) is 9.45. The third kappa shape index (κ3) is 4.28. The van der Waals surface area contributed by atoms with E-state index in [1.807, 2.05) is 42.8 Å². The van der Waals surface area contributed by atoms with Crippen molar-refractivity contribution in [2.24, 2.45) is 0 Å². The standard InChI is InChI=1S/C27H25FN4O4S/c1-15-12-30(14-29-15)21-10-5-18(11-22(21)36-4)24-17(3)23-25(34)32(20-8-6-19(28)7-9-20)27(35)31(13-16(2)33)26(23)37-24/h5-12,14,16,33H,13H2,1-4H3. The predicted molar refractivity (Wildman–Crippen MR) is 142 cm³/mol. The molecule has 8 nitrogen and oxygen atoms in total. The Bertz CT molecular complexity index is 1750. The van der Waals surface area contributed by atoms with Crippen LogP contribution in [-0.2, 0) is 6.54 Å². The molecule has 1 unspecified atom stereocenters. The molecule has 0 aliphatic carbocycles. The molecule has 1 atom stereocenters. The summed E-state index contributed by atoms with van der Waals surface area (Å²) in [5, 5.41) is 10.5. The number of benzene rings is 2. The zero-order chi connectivity index (χ0) is 26.4. The van der Waals surface area contributed by atoms with Gasteiger partial charge in [0.25, 0.3) is 5.56 Å². The van der Waals surface area contributed by atoms with E-state index in [-0.39, 0.29) is 12.2 Å². The van der Waals surface area contributed by atoms with Gasteiger partial charge in [-0.3, -0.25) is 9.36 Å². The highest BCUT2D eigenvalue weighted by Crippen LogP contribution is 2.39. The molecule has 0 saturated heterocycles. The van der Waals surface area contributed by atoms with Crippen LogP contribution in [0.1, 0.15) is 18.2 Å². The summed E-state index contributed by atoms with van der Waals surface area (Å²) >= 11 is 1.31. The van der Waals surface area contributed by atoms with Crippen molar-refractivity contribution < 1.29 is 14.2 Å². The first-order valence-corrected chi connectivity index (χ1v) is 12.4. The minimum absolute atomic E-state index is 0.00155.